The van der Waals surface area contributed by atoms with E-state index in [9.17, 15) is 30.8 Å². The Kier molecular flexibility index (Phi) is 6.49. The van der Waals surface area contributed by atoms with Crippen LogP contribution in [0.3, 0.4) is 0 Å². The molecule has 0 aliphatic carbocycles. The molecule has 0 aliphatic rings. The smallest absolute Gasteiger partial charge is 0.406 e. The van der Waals surface area contributed by atoms with Crippen molar-refractivity contribution in [3.05, 3.63) is 77.7 Å². The molecule has 6 nitrogen and oxygen atoms in total. The van der Waals surface area contributed by atoms with Gasteiger partial charge in [-0.25, -0.2) is 12.8 Å². The molecule has 0 aliphatic heterocycles. The normalized spacial score (nSPS) is 11.8. The fourth-order valence-electron chi connectivity index (χ4n) is 2.85. The molecule has 3 aromatic rings. The molecule has 0 saturated carbocycles. The summed E-state index contributed by atoms with van der Waals surface area (Å²) in [5, 5.41) is 2.53. The van der Waals surface area contributed by atoms with Gasteiger partial charge in [-0.05, 0) is 42.0 Å². The Morgan fingerprint density at radius 3 is 2.47 bits per heavy atom. The molecule has 32 heavy (non-hydrogen) atoms. The summed E-state index contributed by atoms with van der Waals surface area (Å²) in [6, 6.07) is 11.3. The highest BCUT2D eigenvalue weighted by molar-refractivity contribution is 7.90. The number of ether oxygens (including phenoxy) is 1. The average Bonchev–Trinajstić information content (AvgIpc) is 2.71. The lowest BCUT2D eigenvalue weighted by molar-refractivity contribution is -0.274. The zero-order valence-corrected chi connectivity index (χ0v) is 17.3. The molecule has 168 valence electrons. The Labute approximate surface area is 180 Å². The van der Waals surface area contributed by atoms with Crippen molar-refractivity contribution in [2.45, 2.75) is 17.8 Å². The maximum atomic E-state index is 13.4. The lowest BCUT2D eigenvalue weighted by Crippen LogP contribution is -2.24. The van der Waals surface area contributed by atoms with Crippen molar-refractivity contribution < 1.29 is 35.5 Å². The molecule has 3 rings (SSSR count). The van der Waals surface area contributed by atoms with E-state index in [1.165, 1.54) is 36.5 Å². The SMILES string of the molecule is CS(=O)(=O)c1cc(F)ccc1CNC(=O)c1ccc(-c2cccc(OC(F)(F)F)c2)nc1. The fourth-order valence-corrected chi connectivity index (χ4v) is 3.79. The van der Waals surface area contributed by atoms with Gasteiger partial charge >= 0.3 is 6.36 Å². The minimum absolute atomic E-state index is 0.138. The Balaban J connectivity index is 1.72. The van der Waals surface area contributed by atoms with E-state index >= 15 is 0 Å². The number of amides is 1. The summed E-state index contributed by atoms with van der Waals surface area (Å²) < 4.78 is 78.1. The Morgan fingerprint density at radius 2 is 1.84 bits per heavy atom. The topological polar surface area (TPSA) is 85.4 Å². The maximum absolute atomic E-state index is 13.4. The van der Waals surface area contributed by atoms with Gasteiger partial charge in [-0.2, -0.15) is 0 Å². The molecule has 0 spiro atoms. The van der Waals surface area contributed by atoms with Gasteiger partial charge < -0.3 is 10.1 Å². The van der Waals surface area contributed by atoms with Crippen LogP contribution in [0.2, 0.25) is 0 Å². The maximum Gasteiger partial charge on any atom is 0.573 e. The monoisotopic (exact) mass is 468 g/mol. The Bertz CT molecular complexity index is 1240. The van der Waals surface area contributed by atoms with E-state index in [-0.39, 0.29) is 22.6 Å². The standard InChI is InChI=1S/C21H16F4N2O4S/c1-32(29,30)19-10-16(22)7-5-14(19)11-27-20(28)15-6-8-18(26-12-15)13-3-2-4-17(9-13)31-21(23,24)25/h2-10,12H,11H2,1H3,(H,27,28). The van der Waals surface area contributed by atoms with Crippen molar-refractivity contribution in [1.82, 2.24) is 10.3 Å². The van der Waals surface area contributed by atoms with E-state index in [1.54, 1.807) is 0 Å². The van der Waals surface area contributed by atoms with Crippen molar-refractivity contribution in [1.29, 1.82) is 0 Å². The van der Waals surface area contributed by atoms with Crippen LogP contribution in [0.1, 0.15) is 15.9 Å². The van der Waals surface area contributed by atoms with Gasteiger partial charge in [0.1, 0.15) is 11.6 Å². The minimum Gasteiger partial charge on any atom is -0.406 e. The van der Waals surface area contributed by atoms with Crippen molar-refractivity contribution in [3.63, 3.8) is 0 Å². The van der Waals surface area contributed by atoms with Crippen LogP contribution in [0, 0.1) is 5.82 Å². The highest BCUT2D eigenvalue weighted by atomic mass is 32.2. The number of nitrogens with zero attached hydrogens (tertiary/aromatic N) is 1. The molecule has 0 unspecified atom stereocenters. The van der Waals surface area contributed by atoms with Crippen LogP contribution in [-0.2, 0) is 16.4 Å². The number of hydrogen-bond acceptors (Lipinski definition) is 5. The lowest BCUT2D eigenvalue weighted by atomic mass is 10.1. The van der Waals surface area contributed by atoms with Gasteiger partial charge in [-0.1, -0.05) is 18.2 Å². The first-order valence-corrected chi connectivity index (χ1v) is 10.9. The fraction of sp³-hybridized carbons (Fsp3) is 0.143. The third kappa shape index (κ3) is 6.03. The summed E-state index contributed by atoms with van der Waals surface area (Å²) in [5.41, 5.74) is 1.02. The van der Waals surface area contributed by atoms with Gasteiger partial charge in [0.05, 0.1) is 16.2 Å². The number of nitrogens with one attached hydrogen (secondary N) is 1. The number of benzene rings is 2. The van der Waals surface area contributed by atoms with Crippen LogP contribution in [0.25, 0.3) is 11.3 Å². The van der Waals surface area contributed by atoms with E-state index in [2.05, 4.69) is 15.0 Å². The second-order valence-corrected chi connectivity index (χ2v) is 8.70. The van der Waals surface area contributed by atoms with E-state index in [1.807, 2.05) is 0 Å². The average molecular weight is 468 g/mol. The predicted octanol–water partition coefficient (Wildman–Crippen LogP) is 4.12. The second kappa shape index (κ2) is 8.95. The predicted molar refractivity (Wildman–Crippen MR) is 107 cm³/mol. The Hall–Kier alpha value is -3.47. The van der Waals surface area contributed by atoms with Crippen LogP contribution in [0.4, 0.5) is 17.6 Å². The molecule has 1 N–H and O–H groups in total. The van der Waals surface area contributed by atoms with Crippen LogP contribution in [0.5, 0.6) is 5.75 Å². The van der Waals surface area contributed by atoms with Gasteiger partial charge in [-0.15, -0.1) is 13.2 Å². The largest absolute Gasteiger partial charge is 0.573 e. The van der Waals surface area contributed by atoms with Crippen molar-refractivity contribution in [3.8, 4) is 17.0 Å². The summed E-state index contributed by atoms with van der Waals surface area (Å²) in [5.74, 6) is -1.69. The number of pyridine rings is 1. The van der Waals surface area contributed by atoms with Crippen molar-refractivity contribution in [2.24, 2.45) is 0 Å². The molecule has 0 bridgehead atoms. The van der Waals surface area contributed by atoms with Gasteiger partial charge in [0.25, 0.3) is 5.91 Å². The number of aromatic nitrogens is 1. The molecule has 1 amide bonds. The van der Waals surface area contributed by atoms with E-state index < -0.39 is 33.7 Å². The van der Waals surface area contributed by atoms with Gasteiger partial charge in [0.15, 0.2) is 9.84 Å². The quantitative estimate of drug-likeness (QED) is 0.550. The van der Waals surface area contributed by atoms with E-state index in [4.69, 9.17) is 0 Å². The highest BCUT2D eigenvalue weighted by Crippen LogP contribution is 2.27. The minimum atomic E-state index is -4.82. The first-order valence-electron chi connectivity index (χ1n) is 9.01. The van der Waals surface area contributed by atoms with Gasteiger partial charge in [0, 0.05) is 24.6 Å². The summed E-state index contributed by atoms with van der Waals surface area (Å²) in [6.45, 7) is -0.167. The Morgan fingerprint density at radius 1 is 1.09 bits per heavy atom. The molecule has 0 atom stereocenters. The molecular weight excluding hydrogens is 452 g/mol. The molecule has 0 fully saturated rings. The zero-order chi connectivity index (χ0) is 23.5. The van der Waals surface area contributed by atoms with Crippen LogP contribution in [0.15, 0.2) is 65.7 Å². The molecule has 0 saturated heterocycles. The second-order valence-electron chi connectivity index (χ2n) is 6.71. The van der Waals surface area contributed by atoms with E-state index in [0.29, 0.717) is 11.3 Å². The summed E-state index contributed by atoms with van der Waals surface area (Å²) in [7, 11) is -3.70. The third-order valence-electron chi connectivity index (χ3n) is 4.26. The third-order valence-corrected chi connectivity index (χ3v) is 5.44. The van der Waals surface area contributed by atoms with Gasteiger partial charge in [0.2, 0.25) is 0 Å². The summed E-state index contributed by atoms with van der Waals surface area (Å²) >= 11 is 0. The molecule has 1 aromatic heterocycles. The first kappa shape index (κ1) is 23.2. The number of alkyl halides is 3. The summed E-state index contributed by atoms with van der Waals surface area (Å²) in [6.07, 6.45) is -2.66. The van der Waals surface area contributed by atoms with E-state index in [0.717, 1.165) is 30.5 Å². The number of halogens is 4. The molecule has 11 heteroatoms. The number of rotatable bonds is 6. The number of carbonyl (C=O) groups excluding carboxylic acids is 1. The lowest BCUT2D eigenvalue weighted by Gasteiger charge is -2.11. The van der Waals surface area contributed by atoms with Crippen LogP contribution in [-0.4, -0.2) is 31.9 Å². The molecule has 0 radical (unpaired) electrons. The first-order chi connectivity index (χ1) is 14.9. The summed E-state index contributed by atoms with van der Waals surface area (Å²) in [4.78, 5) is 16.2. The number of hydrogen-bond donors (Lipinski definition) is 1. The molecule has 2 aromatic carbocycles. The van der Waals surface area contributed by atoms with Gasteiger partial charge in [-0.3, -0.25) is 9.78 Å². The van der Waals surface area contributed by atoms with Crippen molar-refractivity contribution in [2.75, 3.05) is 6.26 Å². The highest BCUT2D eigenvalue weighted by Gasteiger charge is 2.31. The number of sulfone groups is 1. The van der Waals surface area contributed by atoms with Crippen LogP contribution >= 0.6 is 0 Å². The zero-order valence-electron chi connectivity index (χ0n) is 16.5. The molecular formula is C21H16F4N2O4S. The van der Waals surface area contributed by atoms with Crippen molar-refractivity contribution >= 4 is 15.7 Å². The van der Waals surface area contributed by atoms with Crippen LogP contribution < -0.4 is 10.1 Å². The molecule has 1 heterocycles. The number of carbonyl (C=O) groups is 1.